The molecule has 5 nitrogen and oxygen atoms in total. The fourth-order valence-electron chi connectivity index (χ4n) is 3.51. The summed E-state index contributed by atoms with van der Waals surface area (Å²) >= 11 is 1.72. The van der Waals surface area contributed by atoms with Crippen molar-refractivity contribution in [2.75, 3.05) is 19.7 Å². The minimum Gasteiger partial charge on any atom is -0.466 e. The average molecular weight is 402 g/mol. The van der Waals surface area contributed by atoms with Crippen molar-refractivity contribution in [1.29, 1.82) is 0 Å². The van der Waals surface area contributed by atoms with Crippen molar-refractivity contribution >= 4 is 23.6 Å². The van der Waals surface area contributed by atoms with E-state index >= 15 is 0 Å². The second-order valence-corrected chi connectivity index (χ2v) is 8.10. The maximum atomic E-state index is 12.8. The molecule has 150 valence electrons. The number of rotatable bonds is 6. The predicted octanol–water partition coefficient (Wildman–Crippen LogP) is 4.60. The second-order valence-electron chi connectivity index (χ2n) is 7.12. The van der Waals surface area contributed by atoms with E-state index in [0.717, 1.165) is 18.6 Å². The van der Waals surface area contributed by atoms with E-state index in [0.29, 0.717) is 31.2 Å². The number of hydrogen-bond acceptors (Lipinski definition) is 5. The molecular formula is C22H27NO4S. The summed E-state index contributed by atoms with van der Waals surface area (Å²) in [5, 5.41) is 0. The topological polar surface area (TPSA) is 59.8 Å². The number of likely N-dealkylation sites (tertiary alicyclic amines) is 1. The number of thioether (sulfide) groups is 1. The quantitative estimate of drug-likeness (QED) is 0.523. The van der Waals surface area contributed by atoms with Gasteiger partial charge in [0.25, 0.3) is 5.91 Å². The number of carbonyl (C=O) groups excluding carboxylic acids is 2. The minimum atomic E-state index is -0.244. The Morgan fingerprint density at radius 3 is 2.68 bits per heavy atom. The van der Waals surface area contributed by atoms with Crippen molar-refractivity contribution in [2.24, 2.45) is 5.92 Å². The number of benzene rings is 1. The van der Waals surface area contributed by atoms with E-state index in [4.69, 9.17) is 9.15 Å². The van der Waals surface area contributed by atoms with Gasteiger partial charge in [-0.05, 0) is 56.9 Å². The number of piperidine rings is 1. The first-order valence-corrected chi connectivity index (χ1v) is 10.7. The highest BCUT2D eigenvalue weighted by Gasteiger charge is 2.30. The first-order chi connectivity index (χ1) is 13.5. The van der Waals surface area contributed by atoms with Crippen molar-refractivity contribution in [3.63, 3.8) is 0 Å². The zero-order chi connectivity index (χ0) is 20.1. The average Bonchev–Trinajstić information content (AvgIpc) is 3.16. The first kappa shape index (κ1) is 20.5. The summed E-state index contributed by atoms with van der Waals surface area (Å²) < 4.78 is 10.9. The van der Waals surface area contributed by atoms with Gasteiger partial charge < -0.3 is 14.1 Å². The van der Waals surface area contributed by atoms with Gasteiger partial charge >= 0.3 is 5.97 Å². The van der Waals surface area contributed by atoms with Crippen LogP contribution in [0.5, 0.6) is 0 Å². The van der Waals surface area contributed by atoms with E-state index in [2.05, 4.69) is 32.0 Å². The van der Waals surface area contributed by atoms with Crippen molar-refractivity contribution in [3.05, 3.63) is 53.0 Å². The van der Waals surface area contributed by atoms with Crippen LogP contribution in [-0.4, -0.2) is 36.5 Å². The third kappa shape index (κ3) is 4.79. The fourth-order valence-corrected chi connectivity index (χ4v) is 4.54. The van der Waals surface area contributed by atoms with Gasteiger partial charge in [-0.15, -0.1) is 11.8 Å². The van der Waals surface area contributed by atoms with Gasteiger partial charge in [0.15, 0.2) is 5.76 Å². The Labute approximate surface area is 170 Å². The number of ether oxygens (including phenoxy) is 1. The Balaban J connectivity index is 1.61. The normalized spacial score (nSPS) is 16.8. The zero-order valence-electron chi connectivity index (χ0n) is 16.7. The third-order valence-corrected chi connectivity index (χ3v) is 6.33. The molecule has 0 N–H and O–H groups in total. The molecule has 1 aromatic heterocycles. The van der Waals surface area contributed by atoms with Crippen LogP contribution in [0.4, 0.5) is 0 Å². The minimum absolute atomic E-state index is 0.155. The van der Waals surface area contributed by atoms with Gasteiger partial charge in [-0.2, -0.15) is 0 Å². The summed E-state index contributed by atoms with van der Waals surface area (Å²) in [4.78, 5) is 27.7. The van der Waals surface area contributed by atoms with E-state index in [-0.39, 0.29) is 17.8 Å². The van der Waals surface area contributed by atoms with Gasteiger partial charge in [0.2, 0.25) is 0 Å². The Hall–Kier alpha value is -2.21. The highest BCUT2D eigenvalue weighted by Crippen LogP contribution is 2.30. The molecule has 2 aromatic rings. The smallest absolute Gasteiger partial charge is 0.310 e. The summed E-state index contributed by atoms with van der Waals surface area (Å²) in [6.45, 7) is 7.39. The van der Waals surface area contributed by atoms with Crippen LogP contribution in [0.2, 0.25) is 0 Å². The molecule has 2 heterocycles. The van der Waals surface area contributed by atoms with Crippen molar-refractivity contribution in [2.45, 2.75) is 44.3 Å². The lowest BCUT2D eigenvalue weighted by molar-refractivity contribution is -0.149. The summed E-state index contributed by atoms with van der Waals surface area (Å²) in [7, 11) is 0. The number of nitrogens with zero attached hydrogens (tertiary/aromatic N) is 1. The van der Waals surface area contributed by atoms with Crippen LogP contribution in [0.1, 0.15) is 47.2 Å². The first-order valence-electron chi connectivity index (χ1n) is 9.73. The predicted molar refractivity (Wildman–Crippen MR) is 109 cm³/mol. The number of amides is 1. The Morgan fingerprint density at radius 1 is 1.21 bits per heavy atom. The molecule has 1 unspecified atom stereocenters. The Morgan fingerprint density at radius 2 is 1.96 bits per heavy atom. The number of esters is 1. The van der Waals surface area contributed by atoms with Crippen LogP contribution in [-0.2, 0) is 15.3 Å². The van der Waals surface area contributed by atoms with Crippen LogP contribution in [0.15, 0.2) is 39.6 Å². The van der Waals surface area contributed by atoms with Gasteiger partial charge in [-0.25, -0.2) is 0 Å². The van der Waals surface area contributed by atoms with E-state index in [1.165, 1.54) is 16.0 Å². The van der Waals surface area contributed by atoms with Crippen LogP contribution in [0, 0.1) is 19.8 Å². The van der Waals surface area contributed by atoms with Crippen LogP contribution >= 0.6 is 11.8 Å². The maximum absolute atomic E-state index is 12.8. The standard InChI is InChI=1S/C22H27NO4S/c1-4-26-22(25)17-9-6-12-23(13-17)21(24)19-11-10-18(27-19)14-28-20-15(2)7-5-8-16(20)3/h5,7-8,10-11,17H,4,6,9,12-14H2,1-3H3. The molecule has 1 atom stereocenters. The number of carbonyl (C=O) groups is 2. The summed E-state index contributed by atoms with van der Waals surface area (Å²) in [5.74, 6) is 1.16. The second kappa shape index (κ2) is 9.32. The van der Waals surface area contributed by atoms with E-state index < -0.39 is 0 Å². The van der Waals surface area contributed by atoms with E-state index in [9.17, 15) is 9.59 Å². The molecule has 3 rings (SSSR count). The third-order valence-electron chi connectivity index (χ3n) is 4.97. The molecule has 0 spiro atoms. The van der Waals surface area contributed by atoms with Crippen molar-refractivity contribution in [1.82, 2.24) is 4.90 Å². The fraction of sp³-hybridized carbons (Fsp3) is 0.455. The molecule has 1 aliphatic rings. The van der Waals surface area contributed by atoms with Crippen molar-refractivity contribution < 1.29 is 18.7 Å². The van der Waals surface area contributed by atoms with E-state index in [1.54, 1.807) is 29.7 Å². The molecule has 1 saturated heterocycles. The molecule has 1 aliphatic heterocycles. The lowest BCUT2D eigenvalue weighted by atomic mass is 9.98. The largest absolute Gasteiger partial charge is 0.466 e. The summed E-state index contributed by atoms with van der Waals surface area (Å²) in [5.41, 5.74) is 2.48. The molecule has 1 fully saturated rings. The molecule has 0 bridgehead atoms. The summed E-state index contributed by atoms with van der Waals surface area (Å²) in [6, 6.07) is 9.85. The van der Waals surface area contributed by atoms with Crippen LogP contribution in [0.3, 0.4) is 0 Å². The van der Waals surface area contributed by atoms with Gasteiger partial charge in [-0.3, -0.25) is 9.59 Å². The Kier molecular flexibility index (Phi) is 6.83. The highest BCUT2D eigenvalue weighted by atomic mass is 32.2. The molecule has 0 radical (unpaired) electrons. The van der Waals surface area contributed by atoms with Gasteiger partial charge in [0, 0.05) is 18.0 Å². The van der Waals surface area contributed by atoms with Gasteiger partial charge in [0.1, 0.15) is 5.76 Å². The molecule has 6 heteroatoms. The van der Waals surface area contributed by atoms with Crippen molar-refractivity contribution in [3.8, 4) is 0 Å². The lowest BCUT2D eigenvalue weighted by Crippen LogP contribution is -2.42. The lowest BCUT2D eigenvalue weighted by Gasteiger charge is -2.30. The van der Waals surface area contributed by atoms with Crippen LogP contribution < -0.4 is 0 Å². The monoisotopic (exact) mass is 401 g/mol. The Bertz CT molecular complexity index is 825. The van der Waals surface area contributed by atoms with Crippen LogP contribution in [0.25, 0.3) is 0 Å². The van der Waals surface area contributed by atoms with Gasteiger partial charge in [0.05, 0.1) is 18.3 Å². The molecule has 1 amide bonds. The molecule has 0 saturated carbocycles. The number of aryl methyl sites for hydroxylation is 2. The highest BCUT2D eigenvalue weighted by molar-refractivity contribution is 7.98. The zero-order valence-corrected chi connectivity index (χ0v) is 17.5. The summed E-state index contributed by atoms with van der Waals surface area (Å²) in [6.07, 6.45) is 1.56. The molecule has 0 aliphatic carbocycles. The SMILES string of the molecule is CCOC(=O)C1CCCN(C(=O)c2ccc(CSc3c(C)cccc3C)o2)C1. The molecular weight excluding hydrogens is 374 g/mol. The maximum Gasteiger partial charge on any atom is 0.310 e. The molecule has 28 heavy (non-hydrogen) atoms. The number of hydrogen-bond donors (Lipinski definition) is 0. The number of furan rings is 1. The van der Waals surface area contributed by atoms with E-state index in [1.807, 2.05) is 6.07 Å². The molecule has 1 aromatic carbocycles. The van der Waals surface area contributed by atoms with Gasteiger partial charge in [-0.1, -0.05) is 18.2 Å².